The van der Waals surface area contributed by atoms with Gasteiger partial charge in [0.2, 0.25) is 11.8 Å². The maximum Gasteiger partial charge on any atom is 0.498 e. The number of fused-ring (bicyclic) bond motifs is 2. The topological polar surface area (TPSA) is 223 Å². The van der Waals surface area contributed by atoms with E-state index in [1.54, 1.807) is 92.2 Å². The van der Waals surface area contributed by atoms with Crippen molar-refractivity contribution < 1.29 is 28.5 Å². The van der Waals surface area contributed by atoms with Gasteiger partial charge < -0.3 is 29.7 Å². The van der Waals surface area contributed by atoms with Gasteiger partial charge in [0, 0.05) is 109 Å². The maximum absolute atomic E-state index is 13.5. The van der Waals surface area contributed by atoms with E-state index in [1.807, 2.05) is 73.2 Å². The molecule has 0 saturated carbocycles. The predicted octanol–water partition coefficient (Wildman–Crippen LogP) is 6.34. The quantitative estimate of drug-likeness (QED) is 0.128. The van der Waals surface area contributed by atoms with Gasteiger partial charge in [0.25, 0.3) is 22.9 Å². The van der Waals surface area contributed by atoms with Crippen molar-refractivity contribution in [3.8, 4) is 11.3 Å². The second-order valence-corrected chi connectivity index (χ2v) is 23.1. The number of hydrogen-bond acceptors (Lipinski definition) is 12. The lowest BCUT2D eigenvalue weighted by Crippen LogP contribution is -2.50. The van der Waals surface area contributed by atoms with Gasteiger partial charge in [0.05, 0.1) is 23.1 Å². The first-order valence-electron chi connectivity index (χ1n) is 26.9. The van der Waals surface area contributed by atoms with Crippen LogP contribution in [0.2, 0.25) is 10.0 Å². The number of halogens is 2. The van der Waals surface area contributed by atoms with Crippen LogP contribution in [-0.4, -0.2) is 117 Å². The van der Waals surface area contributed by atoms with Crippen molar-refractivity contribution in [2.24, 2.45) is 25.9 Å². The minimum Gasteiger partial charge on any atom is -0.399 e. The van der Waals surface area contributed by atoms with Gasteiger partial charge in [-0.1, -0.05) is 61.3 Å². The molecule has 9 heterocycles. The third-order valence-corrected chi connectivity index (χ3v) is 15.4. The molecule has 4 amide bonds. The highest BCUT2D eigenvalue weighted by atomic mass is 35.5. The lowest BCUT2D eigenvalue weighted by atomic mass is 9.82. The number of pyridine rings is 4. The van der Waals surface area contributed by atoms with Crippen molar-refractivity contribution >= 4 is 81.5 Å². The number of likely N-dealkylation sites (tertiary alicyclic amines) is 2. The van der Waals surface area contributed by atoms with E-state index in [0.29, 0.717) is 75.8 Å². The Hall–Kier alpha value is -7.98. The van der Waals surface area contributed by atoms with Crippen LogP contribution in [-0.2, 0) is 59.2 Å². The molecule has 3 saturated heterocycles. The standard InChI is InChI=1S/C26H25ClN6O3.C23H23ClN4O3.C10H17BN2O2/c1-16-12-32(13-16)23(34)15-33-24-18(5-8-22(30-24)19-11-29-31(2)14-19)9-21(26(33)36)25(35)28-10-17-3-6-20(27)7-4-17;1-14-11-27(12-14)20(29)13-28-21-17(6-3-15(2)26-21)9-19(23(28)31)22(30)25-10-16-4-7-18(24)8-5-16;1-9(2)10(3,4)15-11(14-9)8-6-12-13(5)7-8/h3-9,11,14,16H,10,12-13,15H2,1-2H3,(H,28,35);3-9,14H,10-13H2,1-2H3,(H,25,30);6-7H,1-5H3. The zero-order valence-electron chi connectivity index (χ0n) is 47.3. The van der Waals surface area contributed by atoms with Gasteiger partial charge in [-0.25, -0.2) is 9.97 Å². The van der Waals surface area contributed by atoms with Crippen LogP contribution in [0, 0.1) is 18.8 Å². The minimum atomic E-state index is -0.561. The van der Waals surface area contributed by atoms with E-state index >= 15 is 0 Å². The van der Waals surface area contributed by atoms with Gasteiger partial charge in [-0.05, 0) is 118 Å². The fraction of sp³-hybridized carbons (Fsp3) is 0.356. The van der Waals surface area contributed by atoms with E-state index in [9.17, 15) is 28.8 Å². The van der Waals surface area contributed by atoms with E-state index in [4.69, 9.17) is 32.5 Å². The number of benzene rings is 2. The van der Waals surface area contributed by atoms with Crippen LogP contribution in [0.25, 0.3) is 33.3 Å². The summed E-state index contributed by atoms with van der Waals surface area (Å²) in [5, 5.41) is 16.3. The third-order valence-electron chi connectivity index (χ3n) is 14.9. The Balaban J connectivity index is 0.000000160. The monoisotopic (exact) mass is 1150 g/mol. The van der Waals surface area contributed by atoms with Gasteiger partial charge >= 0.3 is 7.12 Å². The Morgan fingerprint density at radius 1 is 0.622 bits per heavy atom. The van der Waals surface area contributed by atoms with E-state index in [1.165, 1.54) is 21.3 Å². The number of aromatic nitrogens is 8. The van der Waals surface area contributed by atoms with E-state index < -0.39 is 22.9 Å². The lowest BCUT2D eigenvalue weighted by molar-refractivity contribution is -0.138. The first-order valence-corrected chi connectivity index (χ1v) is 27.7. The van der Waals surface area contributed by atoms with E-state index in [-0.39, 0.29) is 67.4 Å². The Morgan fingerprint density at radius 3 is 1.49 bits per heavy atom. The van der Waals surface area contributed by atoms with Crippen molar-refractivity contribution in [1.82, 2.24) is 59.1 Å². The second kappa shape index (κ2) is 24.2. The van der Waals surface area contributed by atoms with Crippen LogP contribution in [0.4, 0.5) is 0 Å². The fourth-order valence-corrected chi connectivity index (χ4v) is 9.75. The number of rotatable bonds is 12. The Bertz CT molecular complexity index is 3810. The van der Waals surface area contributed by atoms with Crippen LogP contribution in [0.15, 0.2) is 119 Å². The largest absolute Gasteiger partial charge is 0.498 e. The number of hydrogen-bond donors (Lipinski definition) is 2. The Labute approximate surface area is 484 Å². The molecule has 3 fully saturated rings. The second-order valence-electron chi connectivity index (χ2n) is 22.2. The summed E-state index contributed by atoms with van der Waals surface area (Å²) >= 11 is 11.8. The molecular weight excluding hydrogens is 1090 g/mol. The molecule has 20 nitrogen and oxygen atoms in total. The first-order chi connectivity index (χ1) is 38.9. The van der Waals surface area contributed by atoms with Gasteiger partial charge in [0.15, 0.2) is 0 Å². The van der Waals surface area contributed by atoms with Crippen molar-refractivity contribution in [2.45, 2.75) is 85.8 Å². The molecule has 3 aliphatic heterocycles. The summed E-state index contributed by atoms with van der Waals surface area (Å²) in [4.78, 5) is 90.8. The number of nitrogens with one attached hydrogen (secondary N) is 2. The lowest BCUT2D eigenvalue weighted by Gasteiger charge is -2.37. The zero-order chi connectivity index (χ0) is 58.8. The van der Waals surface area contributed by atoms with Gasteiger partial charge in [-0.3, -0.25) is 47.3 Å². The first kappa shape index (κ1) is 58.7. The summed E-state index contributed by atoms with van der Waals surface area (Å²) in [5.41, 5.74) is 3.84. The molecule has 2 N–H and O–H groups in total. The number of nitrogens with zero attached hydrogens (tertiary/aromatic N) is 10. The molecule has 11 rings (SSSR count). The van der Waals surface area contributed by atoms with Crippen molar-refractivity contribution in [1.29, 1.82) is 0 Å². The van der Waals surface area contributed by atoms with Crippen molar-refractivity contribution in [3.05, 3.63) is 168 Å². The number of carbonyl (C=O) groups excluding carboxylic acids is 4. The molecular formula is C59H65BCl2N12O8. The summed E-state index contributed by atoms with van der Waals surface area (Å²) in [5.74, 6) is -0.453. The summed E-state index contributed by atoms with van der Waals surface area (Å²) < 4.78 is 17.8. The average Bonchev–Trinajstić information content (AvgIpc) is 4.29. The summed E-state index contributed by atoms with van der Waals surface area (Å²) in [6.07, 6.45) is 7.20. The Morgan fingerprint density at radius 2 is 1.06 bits per heavy atom. The smallest absolute Gasteiger partial charge is 0.399 e. The molecule has 0 unspecified atom stereocenters. The molecule has 426 valence electrons. The van der Waals surface area contributed by atoms with E-state index in [0.717, 1.165) is 27.8 Å². The zero-order valence-corrected chi connectivity index (χ0v) is 48.8. The fourth-order valence-electron chi connectivity index (χ4n) is 9.50. The molecule has 3 aliphatic rings. The summed E-state index contributed by atoms with van der Waals surface area (Å²) in [6.45, 7) is 17.0. The minimum absolute atomic E-state index is 0.0168. The highest BCUT2D eigenvalue weighted by Gasteiger charge is 2.52. The molecule has 23 heteroatoms. The van der Waals surface area contributed by atoms with Crippen LogP contribution >= 0.6 is 23.2 Å². The van der Waals surface area contributed by atoms with E-state index in [2.05, 4.69) is 44.6 Å². The van der Waals surface area contributed by atoms with Crippen LogP contribution in [0.1, 0.15) is 79.1 Å². The molecule has 2 aromatic carbocycles. The number of amides is 4. The molecule has 0 spiro atoms. The average molecular weight is 1150 g/mol. The molecule has 82 heavy (non-hydrogen) atoms. The third kappa shape index (κ3) is 13.3. The SMILES string of the molecule is CC1CN(C(=O)Cn2c(=O)c(C(=O)NCc3ccc(Cl)cc3)cc3ccc(-c4cnn(C)c4)nc32)C1.Cc1ccc2cc(C(=O)NCc3ccc(Cl)cc3)c(=O)n(CC(=O)N3CC(C)C3)c2n1.Cn1cc(B2OC(C)(C)C(C)(C)O2)cn1. The molecule has 0 atom stereocenters. The van der Waals surface area contributed by atoms with Crippen LogP contribution in [0.5, 0.6) is 0 Å². The molecule has 0 radical (unpaired) electrons. The molecule has 0 bridgehead atoms. The van der Waals surface area contributed by atoms with Gasteiger partial charge in [0.1, 0.15) is 35.5 Å². The number of carbonyl (C=O) groups is 4. The van der Waals surface area contributed by atoms with Crippen molar-refractivity contribution in [3.63, 3.8) is 0 Å². The molecule has 6 aromatic heterocycles. The maximum atomic E-state index is 13.5. The van der Waals surface area contributed by atoms with Gasteiger partial charge in [-0.15, -0.1) is 0 Å². The molecule has 8 aromatic rings. The summed E-state index contributed by atoms with van der Waals surface area (Å²) in [6, 6.07) is 24.5. The van der Waals surface area contributed by atoms with Gasteiger partial charge in [-0.2, -0.15) is 10.2 Å². The molecule has 0 aliphatic carbocycles. The predicted molar refractivity (Wildman–Crippen MR) is 315 cm³/mol. The Kier molecular flexibility index (Phi) is 17.3. The highest BCUT2D eigenvalue weighted by Crippen LogP contribution is 2.36. The summed E-state index contributed by atoms with van der Waals surface area (Å²) in [7, 11) is 3.39. The number of aryl methyl sites for hydroxylation is 3. The highest BCUT2D eigenvalue weighted by molar-refractivity contribution is 6.62. The van der Waals surface area contributed by atoms with Crippen LogP contribution < -0.4 is 27.2 Å². The van der Waals surface area contributed by atoms with Crippen molar-refractivity contribution in [2.75, 3.05) is 26.2 Å². The van der Waals surface area contributed by atoms with Crippen LogP contribution in [0.3, 0.4) is 0 Å². The normalized spacial score (nSPS) is 15.5.